The fraction of sp³-hybridized carbons (Fsp3) is 0.227. The monoisotopic (exact) mass is 411 g/mol. The molecule has 0 saturated carbocycles. The number of benzene rings is 2. The number of imide groups is 1. The van der Waals surface area contributed by atoms with Crippen LogP contribution in [0, 0.1) is 5.82 Å². The van der Waals surface area contributed by atoms with Gasteiger partial charge in [-0.25, -0.2) is 14.1 Å². The molecule has 4 amide bonds. The van der Waals surface area contributed by atoms with E-state index in [1.807, 2.05) is 6.92 Å². The van der Waals surface area contributed by atoms with Gasteiger partial charge >= 0.3 is 6.03 Å². The van der Waals surface area contributed by atoms with Crippen molar-refractivity contribution in [3.05, 3.63) is 67.0 Å². The molecular formula is C22H22FN3O4. The Bertz CT molecular complexity index is 944. The molecule has 0 unspecified atom stereocenters. The number of anilines is 2. The molecule has 1 N–H and O–H groups in total. The molecule has 30 heavy (non-hydrogen) atoms. The van der Waals surface area contributed by atoms with E-state index in [1.54, 1.807) is 24.3 Å². The van der Waals surface area contributed by atoms with Crippen molar-refractivity contribution in [1.82, 2.24) is 4.90 Å². The van der Waals surface area contributed by atoms with E-state index in [1.165, 1.54) is 35.2 Å². The number of nitrogens with zero attached hydrogens (tertiary/aromatic N) is 2. The molecule has 2 aromatic rings. The number of hydrogen-bond acceptors (Lipinski definition) is 4. The van der Waals surface area contributed by atoms with E-state index in [9.17, 15) is 18.8 Å². The molecule has 8 heteroatoms. The molecule has 2 aromatic carbocycles. The summed E-state index contributed by atoms with van der Waals surface area (Å²) in [7, 11) is 0. The van der Waals surface area contributed by atoms with Gasteiger partial charge in [-0.2, -0.15) is 0 Å². The highest BCUT2D eigenvalue weighted by atomic mass is 19.1. The van der Waals surface area contributed by atoms with Crippen LogP contribution in [-0.4, -0.2) is 41.9 Å². The molecule has 0 aliphatic carbocycles. The Labute approximate surface area is 173 Å². The number of hydrogen-bond donors (Lipinski definition) is 1. The minimum Gasteiger partial charge on any atom is -0.494 e. The number of nitrogens with one attached hydrogen (secondary N) is 1. The van der Waals surface area contributed by atoms with Crippen molar-refractivity contribution in [2.75, 3.05) is 23.4 Å². The second kappa shape index (κ2) is 9.21. The Morgan fingerprint density at radius 2 is 1.83 bits per heavy atom. The smallest absolute Gasteiger partial charge is 0.332 e. The predicted molar refractivity (Wildman–Crippen MR) is 111 cm³/mol. The minimum absolute atomic E-state index is 0.100. The Morgan fingerprint density at radius 3 is 2.43 bits per heavy atom. The van der Waals surface area contributed by atoms with Crippen molar-refractivity contribution in [2.45, 2.75) is 19.4 Å². The molecule has 3 rings (SSSR count). The molecule has 0 aromatic heterocycles. The fourth-order valence-corrected chi connectivity index (χ4v) is 3.20. The van der Waals surface area contributed by atoms with E-state index >= 15 is 0 Å². The summed E-state index contributed by atoms with van der Waals surface area (Å²) >= 11 is 0. The lowest BCUT2D eigenvalue weighted by Gasteiger charge is -2.19. The van der Waals surface area contributed by atoms with E-state index in [4.69, 9.17) is 4.74 Å². The third kappa shape index (κ3) is 4.48. The van der Waals surface area contributed by atoms with Crippen LogP contribution in [0.25, 0.3) is 0 Å². The van der Waals surface area contributed by atoms with E-state index in [-0.39, 0.29) is 18.7 Å². The molecule has 156 valence electrons. The van der Waals surface area contributed by atoms with Crippen LogP contribution >= 0.6 is 0 Å². The minimum atomic E-state index is -0.983. The van der Waals surface area contributed by atoms with Gasteiger partial charge in [-0.15, -0.1) is 6.58 Å². The maximum Gasteiger partial charge on any atom is 0.332 e. The molecule has 0 bridgehead atoms. The van der Waals surface area contributed by atoms with Gasteiger partial charge in [0.1, 0.15) is 17.6 Å². The van der Waals surface area contributed by atoms with E-state index in [0.29, 0.717) is 18.0 Å². The fourth-order valence-electron chi connectivity index (χ4n) is 3.20. The molecule has 0 spiro atoms. The van der Waals surface area contributed by atoms with Gasteiger partial charge in [-0.1, -0.05) is 6.08 Å². The van der Waals surface area contributed by atoms with Gasteiger partial charge in [0.05, 0.1) is 18.7 Å². The van der Waals surface area contributed by atoms with Crippen molar-refractivity contribution in [2.24, 2.45) is 0 Å². The molecule has 1 aliphatic rings. The van der Waals surface area contributed by atoms with Crippen LogP contribution in [0.2, 0.25) is 0 Å². The Hall–Kier alpha value is -3.68. The lowest BCUT2D eigenvalue weighted by molar-refractivity contribution is -0.124. The summed E-state index contributed by atoms with van der Waals surface area (Å²) in [6.45, 7) is 6.12. The van der Waals surface area contributed by atoms with Gasteiger partial charge in [0.2, 0.25) is 5.91 Å². The largest absolute Gasteiger partial charge is 0.494 e. The Balaban J connectivity index is 1.74. The molecule has 1 heterocycles. The predicted octanol–water partition coefficient (Wildman–Crippen LogP) is 3.58. The van der Waals surface area contributed by atoms with Crippen LogP contribution < -0.4 is 15.0 Å². The van der Waals surface area contributed by atoms with E-state index in [0.717, 1.165) is 4.90 Å². The number of amides is 4. The van der Waals surface area contributed by atoms with Crippen LogP contribution in [0.1, 0.15) is 13.3 Å². The quantitative estimate of drug-likeness (QED) is 0.532. The molecule has 1 fully saturated rings. The number of carbonyl (C=O) groups is 3. The second-order valence-electron chi connectivity index (χ2n) is 6.60. The average molecular weight is 411 g/mol. The average Bonchev–Trinajstić information content (AvgIpc) is 2.95. The van der Waals surface area contributed by atoms with Crippen molar-refractivity contribution < 1.29 is 23.5 Å². The number of halogens is 1. The standard InChI is InChI=1S/C22H22FN3O4/c1-3-13-25-19(14-20(27)24-16-7-11-18(12-8-16)30-4-2)21(28)26(22(25)29)17-9-5-15(23)6-10-17/h3,5-12,19H,1,4,13-14H2,2H3,(H,24,27)/t19-/m0/s1. The van der Waals surface area contributed by atoms with Crippen LogP contribution in [0.15, 0.2) is 61.2 Å². The SMILES string of the molecule is C=CCN1C(=O)N(c2ccc(F)cc2)C(=O)[C@@H]1CC(=O)Nc1ccc(OCC)cc1. The van der Waals surface area contributed by atoms with Gasteiger partial charge in [0, 0.05) is 12.2 Å². The van der Waals surface area contributed by atoms with Gasteiger partial charge in [0.15, 0.2) is 0 Å². The second-order valence-corrected chi connectivity index (χ2v) is 6.60. The molecule has 1 aliphatic heterocycles. The van der Waals surface area contributed by atoms with Gasteiger partial charge in [-0.3, -0.25) is 9.59 Å². The summed E-state index contributed by atoms with van der Waals surface area (Å²) in [6.07, 6.45) is 1.26. The topological polar surface area (TPSA) is 79.0 Å². The summed E-state index contributed by atoms with van der Waals surface area (Å²) in [6, 6.07) is 10.3. The highest BCUT2D eigenvalue weighted by Gasteiger charge is 2.46. The number of carbonyl (C=O) groups excluding carboxylic acids is 3. The molecule has 1 atom stereocenters. The Morgan fingerprint density at radius 1 is 1.17 bits per heavy atom. The lowest BCUT2D eigenvalue weighted by atomic mass is 10.1. The summed E-state index contributed by atoms with van der Waals surface area (Å²) in [5, 5.41) is 2.72. The molecule has 1 saturated heterocycles. The van der Waals surface area contributed by atoms with Gasteiger partial charge < -0.3 is 15.0 Å². The van der Waals surface area contributed by atoms with Crippen LogP contribution in [0.3, 0.4) is 0 Å². The number of rotatable bonds is 8. The third-order valence-corrected chi connectivity index (χ3v) is 4.56. The highest BCUT2D eigenvalue weighted by Crippen LogP contribution is 2.27. The molecule has 7 nitrogen and oxygen atoms in total. The lowest BCUT2D eigenvalue weighted by Crippen LogP contribution is -2.38. The zero-order valence-electron chi connectivity index (χ0n) is 16.5. The van der Waals surface area contributed by atoms with Crippen molar-refractivity contribution in [3.63, 3.8) is 0 Å². The zero-order chi connectivity index (χ0) is 21.7. The summed E-state index contributed by atoms with van der Waals surface area (Å²) in [5.74, 6) is -0.762. The zero-order valence-corrected chi connectivity index (χ0v) is 16.5. The van der Waals surface area contributed by atoms with Gasteiger partial charge in [0.25, 0.3) is 5.91 Å². The van der Waals surface area contributed by atoms with Crippen LogP contribution in [0.4, 0.5) is 20.6 Å². The van der Waals surface area contributed by atoms with E-state index in [2.05, 4.69) is 11.9 Å². The number of urea groups is 1. The normalized spacial score (nSPS) is 16.0. The first-order valence-corrected chi connectivity index (χ1v) is 9.48. The summed E-state index contributed by atoms with van der Waals surface area (Å²) < 4.78 is 18.6. The van der Waals surface area contributed by atoms with Gasteiger partial charge in [-0.05, 0) is 55.5 Å². The van der Waals surface area contributed by atoms with Crippen LogP contribution in [0.5, 0.6) is 5.75 Å². The maximum absolute atomic E-state index is 13.2. The Kier molecular flexibility index (Phi) is 6.46. The van der Waals surface area contributed by atoms with E-state index < -0.39 is 29.7 Å². The van der Waals surface area contributed by atoms with Crippen molar-refractivity contribution in [1.29, 1.82) is 0 Å². The van der Waals surface area contributed by atoms with Crippen LogP contribution in [-0.2, 0) is 9.59 Å². The van der Waals surface area contributed by atoms with Crippen molar-refractivity contribution in [3.8, 4) is 5.75 Å². The maximum atomic E-state index is 13.2. The third-order valence-electron chi connectivity index (χ3n) is 4.56. The summed E-state index contributed by atoms with van der Waals surface area (Å²) in [5.41, 5.74) is 0.792. The number of ether oxygens (including phenoxy) is 1. The first-order chi connectivity index (χ1) is 14.4. The molecule has 0 radical (unpaired) electrons. The highest BCUT2D eigenvalue weighted by molar-refractivity contribution is 6.22. The molecular weight excluding hydrogens is 389 g/mol. The summed E-state index contributed by atoms with van der Waals surface area (Å²) in [4.78, 5) is 40.5. The first-order valence-electron chi connectivity index (χ1n) is 9.48. The van der Waals surface area contributed by atoms with Crippen molar-refractivity contribution >= 4 is 29.2 Å². The first kappa shape index (κ1) is 21.0.